The number of nitrogens with one attached hydrogen (secondary N) is 3. The summed E-state index contributed by atoms with van der Waals surface area (Å²) in [5.41, 5.74) is 2.20. The van der Waals surface area contributed by atoms with Gasteiger partial charge in [0.25, 0.3) is 5.56 Å². The summed E-state index contributed by atoms with van der Waals surface area (Å²) in [5.74, 6) is -5.36. The first-order valence-corrected chi connectivity index (χ1v) is 31.3. The molecule has 1 saturated carbocycles. The van der Waals surface area contributed by atoms with Gasteiger partial charge in [0.05, 0.1) is 74.6 Å². The zero-order valence-electron chi connectivity index (χ0n) is 51.6. The Kier molecular flexibility index (Phi) is 22.0. The zero-order valence-corrected chi connectivity index (χ0v) is 51.6. The van der Waals surface area contributed by atoms with E-state index in [0.717, 1.165) is 29.5 Å². The summed E-state index contributed by atoms with van der Waals surface area (Å²) in [7, 11) is 0. The molecule has 482 valence electrons. The van der Waals surface area contributed by atoms with E-state index in [2.05, 4.69) is 16.0 Å². The number of aliphatic hydroxyl groups is 1. The van der Waals surface area contributed by atoms with Crippen LogP contribution < -0.4 is 21.5 Å². The third-order valence-corrected chi connectivity index (χ3v) is 18.2. The van der Waals surface area contributed by atoms with Crippen LogP contribution >= 0.6 is 0 Å². The SMILES string of the molecule is CCN(C(=O)COCCC(=O)CNC(=O)[C@@H](CC(=O)CNC(=O)CCC(=O)COCCOCCNC(=O)C1CCC(CN2C(=O)CC(C)C2=O)CC1)Cc1ccccc1)C1CCc2c(C)c(F)cc3nc4c(c1c23)Cn1c-4cc2c(c1=O)COC(=O)[C@]2(O)CC. The number of amides is 6. The van der Waals surface area contributed by atoms with Crippen molar-refractivity contribution in [2.75, 3.05) is 72.4 Å². The molecule has 2 aromatic carbocycles. The van der Waals surface area contributed by atoms with E-state index in [1.807, 2.05) is 13.0 Å². The van der Waals surface area contributed by atoms with Gasteiger partial charge in [-0.1, -0.05) is 44.2 Å². The Bertz CT molecular complexity index is 3510. The Morgan fingerprint density at radius 1 is 0.833 bits per heavy atom. The van der Waals surface area contributed by atoms with Crippen molar-refractivity contribution >= 4 is 69.7 Å². The number of nitrogens with zero attached hydrogens (tertiary/aromatic N) is 4. The summed E-state index contributed by atoms with van der Waals surface area (Å²) < 4.78 is 39.0. The van der Waals surface area contributed by atoms with Gasteiger partial charge in [-0.2, -0.15) is 0 Å². The van der Waals surface area contributed by atoms with E-state index in [0.29, 0.717) is 72.2 Å². The van der Waals surface area contributed by atoms with Crippen molar-refractivity contribution in [3.63, 3.8) is 0 Å². The van der Waals surface area contributed by atoms with Gasteiger partial charge >= 0.3 is 5.97 Å². The molecule has 0 radical (unpaired) electrons. The van der Waals surface area contributed by atoms with Gasteiger partial charge in [-0.3, -0.25) is 52.8 Å². The van der Waals surface area contributed by atoms with Crippen molar-refractivity contribution in [2.45, 2.75) is 136 Å². The minimum Gasteiger partial charge on any atom is -0.458 e. The molecule has 0 spiro atoms. The Morgan fingerprint density at radius 2 is 1.57 bits per heavy atom. The maximum atomic E-state index is 15.6. The average Bonchev–Trinajstić information content (AvgIpc) is 1.45. The van der Waals surface area contributed by atoms with Crippen LogP contribution in [-0.4, -0.2) is 156 Å². The van der Waals surface area contributed by atoms with Gasteiger partial charge in [0, 0.05) is 92.1 Å². The molecule has 9 rings (SSSR count). The summed E-state index contributed by atoms with van der Waals surface area (Å²) in [6, 6.07) is 11.4. The molecule has 4 aromatic rings. The number of carbonyl (C=O) groups is 10. The fourth-order valence-electron chi connectivity index (χ4n) is 13.1. The summed E-state index contributed by atoms with van der Waals surface area (Å²) in [4.78, 5) is 151. The predicted molar refractivity (Wildman–Crippen MR) is 322 cm³/mol. The van der Waals surface area contributed by atoms with Crippen LogP contribution in [0, 0.1) is 36.4 Å². The molecule has 4 N–H and O–H groups in total. The Hall–Kier alpha value is -7.93. The number of likely N-dealkylation sites (N-methyl/N-ethyl adjacent to an activating group) is 1. The van der Waals surface area contributed by atoms with E-state index in [1.165, 1.54) is 15.5 Å². The maximum absolute atomic E-state index is 15.6. The maximum Gasteiger partial charge on any atom is 0.343 e. The second-order valence-corrected chi connectivity index (χ2v) is 24.2. The average molecular weight is 1250 g/mol. The molecule has 2 fully saturated rings. The third-order valence-electron chi connectivity index (χ3n) is 18.2. The molecule has 5 heterocycles. The van der Waals surface area contributed by atoms with Gasteiger partial charge in [-0.05, 0) is 99.5 Å². The number of aromatic nitrogens is 2. The van der Waals surface area contributed by atoms with Gasteiger partial charge in [0.2, 0.25) is 35.4 Å². The molecule has 6 amide bonds. The molecule has 3 aliphatic heterocycles. The van der Waals surface area contributed by atoms with Crippen LogP contribution in [0.25, 0.3) is 22.3 Å². The predicted octanol–water partition coefficient (Wildman–Crippen LogP) is 4.09. The lowest BCUT2D eigenvalue weighted by atomic mass is 9.81. The molecule has 24 heteroatoms. The standard InChI is InChI=1S/C66H80FN7O16/c1-5-66(86)50-29-54-60-48(34-73(54)64(84)49(50)36-90-65(66)85)59-53(18-17-47-39(4)51(67)30-52(71-60)58(47)59)72(6-2)57(80)37-88-22-20-44(75)31-70-62(82)43(27-40-10-8-7-9-11-40)28-46(77)32-69-55(78)19-16-45(76)35-89-25-24-87-23-21-68-61(81)42-14-12-41(13-15-42)33-74-56(79)26-38(3)63(74)83/h7-11,29-30,38,41-43,53,86H,5-6,12-28,31-37H2,1-4H3,(H,68,81)(H,69,78)(H,70,82)/t38?,41?,42?,43-,53?,66+/m1/s1. The van der Waals surface area contributed by atoms with Crippen LogP contribution in [-0.2, 0) is 98.5 Å². The summed E-state index contributed by atoms with van der Waals surface area (Å²) in [5, 5.41) is 20.2. The number of rotatable bonds is 31. The van der Waals surface area contributed by atoms with E-state index < -0.39 is 64.9 Å². The molecule has 2 aliphatic carbocycles. The van der Waals surface area contributed by atoms with E-state index in [-0.39, 0.29) is 169 Å². The lowest BCUT2D eigenvalue weighted by molar-refractivity contribution is -0.172. The van der Waals surface area contributed by atoms with Crippen LogP contribution in [0.15, 0.2) is 47.3 Å². The van der Waals surface area contributed by atoms with E-state index >= 15 is 4.39 Å². The number of esters is 1. The number of halogens is 1. The Morgan fingerprint density at radius 3 is 2.29 bits per heavy atom. The fraction of sp³-hybridized carbons (Fsp3) is 0.545. The monoisotopic (exact) mass is 1250 g/mol. The number of benzene rings is 2. The fourth-order valence-corrected chi connectivity index (χ4v) is 13.1. The second-order valence-electron chi connectivity index (χ2n) is 24.2. The molecule has 5 aliphatic rings. The van der Waals surface area contributed by atoms with Crippen LogP contribution in [0.4, 0.5) is 4.39 Å². The number of pyridine rings is 2. The number of hydrogen-bond acceptors (Lipinski definition) is 17. The molecule has 2 unspecified atom stereocenters. The Balaban J connectivity index is 0.678. The van der Waals surface area contributed by atoms with Gasteiger partial charge in [0.15, 0.2) is 23.0 Å². The van der Waals surface area contributed by atoms with Crippen molar-refractivity contribution in [1.29, 1.82) is 0 Å². The quantitative estimate of drug-likeness (QED) is 0.0276. The topological polar surface area (TPSA) is 305 Å². The van der Waals surface area contributed by atoms with Gasteiger partial charge < -0.3 is 49.5 Å². The Labute approximate surface area is 520 Å². The number of likely N-dealkylation sites (tertiary alicyclic amines) is 1. The summed E-state index contributed by atoms with van der Waals surface area (Å²) >= 11 is 0. The molecular formula is C66H80FN7O16. The van der Waals surface area contributed by atoms with Crippen LogP contribution in [0.5, 0.6) is 0 Å². The first kappa shape index (κ1) is 66.5. The number of Topliss-reactive ketones (excluding diaryl/α,β-unsaturated/α-hetero) is 3. The number of carbonyl (C=O) groups excluding carboxylic acids is 10. The highest BCUT2D eigenvalue weighted by Crippen LogP contribution is 2.48. The van der Waals surface area contributed by atoms with Crippen LogP contribution in [0.1, 0.15) is 136 Å². The minimum absolute atomic E-state index is 0.0453. The highest BCUT2D eigenvalue weighted by atomic mass is 19.1. The van der Waals surface area contributed by atoms with Crippen molar-refractivity contribution < 1.29 is 76.4 Å². The minimum atomic E-state index is -2.05. The van der Waals surface area contributed by atoms with Crippen LogP contribution in [0.3, 0.4) is 0 Å². The largest absolute Gasteiger partial charge is 0.458 e. The van der Waals surface area contributed by atoms with Gasteiger partial charge in [0.1, 0.15) is 25.6 Å². The lowest BCUT2D eigenvalue weighted by Crippen LogP contribution is -2.44. The number of aryl methyl sites for hydroxylation is 1. The number of imide groups is 1. The summed E-state index contributed by atoms with van der Waals surface area (Å²) in [6.07, 6.45) is 3.39. The molecular weight excluding hydrogens is 1170 g/mol. The molecule has 23 nitrogen and oxygen atoms in total. The smallest absolute Gasteiger partial charge is 0.343 e. The van der Waals surface area contributed by atoms with Crippen molar-refractivity contribution in [1.82, 2.24) is 35.3 Å². The molecule has 2 aromatic heterocycles. The van der Waals surface area contributed by atoms with E-state index in [1.54, 1.807) is 56.0 Å². The molecule has 0 bridgehead atoms. The second kappa shape index (κ2) is 29.8. The van der Waals surface area contributed by atoms with Gasteiger partial charge in [-0.25, -0.2) is 14.2 Å². The molecule has 4 atom stereocenters. The first-order chi connectivity index (χ1) is 43.2. The van der Waals surface area contributed by atoms with Gasteiger partial charge in [-0.15, -0.1) is 0 Å². The van der Waals surface area contributed by atoms with Crippen molar-refractivity contribution in [3.8, 4) is 11.4 Å². The normalized spacial score (nSPS) is 20.2. The number of cyclic esters (lactones) is 1. The van der Waals surface area contributed by atoms with Crippen molar-refractivity contribution in [2.24, 2.45) is 23.7 Å². The van der Waals surface area contributed by atoms with Crippen molar-refractivity contribution in [3.05, 3.63) is 97.6 Å². The number of fused-ring (bicyclic) bond motifs is 5. The highest BCUT2D eigenvalue weighted by molar-refractivity contribution is 6.03. The van der Waals surface area contributed by atoms with E-state index in [4.69, 9.17) is 23.9 Å². The number of ketones is 3. The third kappa shape index (κ3) is 15.1. The number of ether oxygens (including phenoxy) is 4. The van der Waals surface area contributed by atoms with Crippen LogP contribution in [0.2, 0.25) is 0 Å². The number of hydrogen-bond donors (Lipinski definition) is 4. The highest BCUT2D eigenvalue weighted by Gasteiger charge is 2.46. The molecule has 1 saturated heterocycles. The lowest BCUT2D eigenvalue weighted by Gasteiger charge is -2.37. The zero-order chi connectivity index (χ0) is 64.4. The first-order valence-electron chi connectivity index (χ1n) is 31.3. The molecule has 90 heavy (non-hydrogen) atoms. The van der Waals surface area contributed by atoms with E-state index in [9.17, 15) is 57.8 Å². The summed E-state index contributed by atoms with van der Waals surface area (Å²) in [6.45, 7) is 6.60.